The number of rotatable bonds is 5. The lowest BCUT2D eigenvalue weighted by Crippen LogP contribution is -2.40. The molecule has 0 spiro atoms. The van der Waals surface area contributed by atoms with Crippen LogP contribution in [0.15, 0.2) is 42.5 Å². The molecule has 2 aromatic rings. The standard InChI is InChI=1S/C19H21Cl2NO3/c1-19(2,3)22-18(23)25-12-14-6-4-5-13(9-14)11-24-17-8-7-15(20)10-16(17)21/h4-10H,11-12H2,1-3H3,(H,22,23). The predicted molar refractivity (Wildman–Crippen MR) is 100 cm³/mol. The molecule has 0 saturated carbocycles. The van der Waals surface area contributed by atoms with Crippen molar-refractivity contribution in [1.29, 1.82) is 0 Å². The fourth-order valence-corrected chi connectivity index (χ4v) is 2.52. The molecule has 0 aliphatic carbocycles. The highest BCUT2D eigenvalue weighted by Gasteiger charge is 2.14. The van der Waals surface area contributed by atoms with Crippen LogP contribution in [0.2, 0.25) is 10.0 Å². The molecular weight excluding hydrogens is 361 g/mol. The number of nitrogens with one attached hydrogen (secondary N) is 1. The van der Waals surface area contributed by atoms with Crippen molar-refractivity contribution in [3.8, 4) is 5.75 Å². The maximum absolute atomic E-state index is 11.7. The zero-order valence-electron chi connectivity index (χ0n) is 14.4. The third-order valence-corrected chi connectivity index (χ3v) is 3.66. The van der Waals surface area contributed by atoms with Crippen molar-refractivity contribution in [2.45, 2.75) is 39.5 Å². The van der Waals surface area contributed by atoms with Gasteiger partial charge in [0.05, 0.1) is 5.02 Å². The van der Waals surface area contributed by atoms with Crippen LogP contribution in [0.5, 0.6) is 5.75 Å². The highest BCUT2D eigenvalue weighted by molar-refractivity contribution is 6.35. The molecule has 25 heavy (non-hydrogen) atoms. The summed E-state index contributed by atoms with van der Waals surface area (Å²) in [6, 6.07) is 12.7. The second-order valence-corrected chi connectivity index (χ2v) is 7.48. The quantitative estimate of drug-likeness (QED) is 0.733. The molecule has 2 rings (SSSR count). The molecule has 0 aliphatic heterocycles. The normalized spacial score (nSPS) is 11.1. The number of hydrogen-bond donors (Lipinski definition) is 1. The molecule has 2 aromatic carbocycles. The van der Waals surface area contributed by atoms with E-state index < -0.39 is 6.09 Å². The van der Waals surface area contributed by atoms with Crippen molar-refractivity contribution in [3.05, 3.63) is 63.6 Å². The topological polar surface area (TPSA) is 47.6 Å². The van der Waals surface area contributed by atoms with Crippen LogP contribution < -0.4 is 10.1 Å². The third kappa shape index (κ3) is 6.85. The lowest BCUT2D eigenvalue weighted by Gasteiger charge is -2.20. The molecule has 134 valence electrons. The monoisotopic (exact) mass is 381 g/mol. The van der Waals surface area contributed by atoms with Gasteiger partial charge in [0.1, 0.15) is 19.0 Å². The van der Waals surface area contributed by atoms with E-state index in [4.69, 9.17) is 32.7 Å². The van der Waals surface area contributed by atoms with E-state index in [1.165, 1.54) is 0 Å². The molecule has 0 aromatic heterocycles. The van der Waals surface area contributed by atoms with Gasteiger partial charge < -0.3 is 14.8 Å². The molecule has 0 saturated heterocycles. The lowest BCUT2D eigenvalue weighted by atomic mass is 10.1. The third-order valence-electron chi connectivity index (χ3n) is 3.13. The molecule has 1 amide bonds. The zero-order chi connectivity index (χ0) is 18.4. The summed E-state index contributed by atoms with van der Waals surface area (Å²) in [4.78, 5) is 11.7. The fourth-order valence-electron chi connectivity index (χ4n) is 2.05. The van der Waals surface area contributed by atoms with E-state index in [0.29, 0.717) is 22.4 Å². The lowest BCUT2D eigenvalue weighted by molar-refractivity contribution is 0.131. The number of ether oxygens (including phenoxy) is 2. The van der Waals surface area contributed by atoms with Crippen molar-refractivity contribution >= 4 is 29.3 Å². The summed E-state index contributed by atoms with van der Waals surface area (Å²) < 4.78 is 10.9. The van der Waals surface area contributed by atoms with Crippen LogP contribution in [0.1, 0.15) is 31.9 Å². The summed E-state index contributed by atoms with van der Waals surface area (Å²) in [5.41, 5.74) is 1.50. The van der Waals surface area contributed by atoms with Crippen molar-refractivity contribution in [2.75, 3.05) is 0 Å². The van der Waals surface area contributed by atoms with Gasteiger partial charge >= 0.3 is 6.09 Å². The van der Waals surface area contributed by atoms with E-state index in [0.717, 1.165) is 11.1 Å². The Morgan fingerprint density at radius 1 is 1.04 bits per heavy atom. The smallest absolute Gasteiger partial charge is 0.407 e. The summed E-state index contributed by atoms with van der Waals surface area (Å²) in [6.07, 6.45) is -0.443. The van der Waals surface area contributed by atoms with Gasteiger partial charge in [-0.2, -0.15) is 0 Å². The minimum absolute atomic E-state index is 0.192. The first-order valence-corrected chi connectivity index (χ1v) is 8.59. The molecule has 0 heterocycles. The SMILES string of the molecule is CC(C)(C)NC(=O)OCc1cccc(COc2ccc(Cl)cc2Cl)c1. The number of carbonyl (C=O) groups is 1. The van der Waals surface area contributed by atoms with E-state index in [9.17, 15) is 4.79 Å². The molecule has 0 aliphatic rings. The Balaban J connectivity index is 1.91. The summed E-state index contributed by atoms with van der Waals surface area (Å²) in [7, 11) is 0. The Hall–Kier alpha value is -1.91. The minimum Gasteiger partial charge on any atom is -0.487 e. The van der Waals surface area contributed by atoms with Gasteiger partial charge in [-0.3, -0.25) is 0 Å². The Labute approximate surface area is 158 Å². The highest BCUT2D eigenvalue weighted by Crippen LogP contribution is 2.28. The van der Waals surface area contributed by atoms with Gasteiger partial charge in [0.2, 0.25) is 0 Å². The molecule has 1 N–H and O–H groups in total. The summed E-state index contributed by atoms with van der Waals surface area (Å²) >= 11 is 12.0. The highest BCUT2D eigenvalue weighted by atomic mass is 35.5. The van der Waals surface area contributed by atoms with Gasteiger partial charge in [0.15, 0.2) is 0 Å². The van der Waals surface area contributed by atoms with Crippen LogP contribution >= 0.6 is 23.2 Å². The van der Waals surface area contributed by atoms with Crippen LogP contribution in [-0.2, 0) is 18.0 Å². The van der Waals surface area contributed by atoms with Crippen molar-refractivity contribution in [2.24, 2.45) is 0 Å². The summed E-state index contributed by atoms with van der Waals surface area (Å²) in [5, 5.41) is 3.77. The molecule has 4 nitrogen and oxygen atoms in total. The molecule has 0 unspecified atom stereocenters. The number of halogens is 2. The number of benzene rings is 2. The van der Waals surface area contributed by atoms with Gasteiger partial charge in [-0.1, -0.05) is 41.4 Å². The van der Waals surface area contributed by atoms with E-state index in [1.54, 1.807) is 18.2 Å². The van der Waals surface area contributed by atoms with Crippen LogP contribution in [0.4, 0.5) is 4.79 Å². The van der Waals surface area contributed by atoms with Crippen molar-refractivity contribution in [1.82, 2.24) is 5.32 Å². The van der Waals surface area contributed by atoms with E-state index in [1.807, 2.05) is 45.0 Å². The average Bonchev–Trinajstić information content (AvgIpc) is 2.51. The van der Waals surface area contributed by atoms with Crippen molar-refractivity contribution in [3.63, 3.8) is 0 Å². The van der Waals surface area contributed by atoms with Gasteiger partial charge in [0.25, 0.3) is 0 Å². The Morgan fingerprint density at radius 2 is 1.72 bits per heavy atom. The van der Waals surface area contributed by atoms with Crippen molar-refractivity contribution < 1.29 is 14.3 Å². The Bertz CT molecular complexity index is 742. The first-order valence-electron chi connectivity index (χ1n) is 7.83. The Kier molecular flexibility index (Phi) is 6.57. The molecular formula is C19H21Cl2NO3. The van der Waals surface area contributed by atoms with Crippen LogP contribution in [-0.4, -0.2) is 11.6 Å². The van der Waals surface area contributed by atoms with Gasteiger partial charge in [-0.15, -0.1) is 0 Å². The van der Waals surface area contributed by atoms with Gasteiger partial charge in [-0.25, -0.2) is 4.79 Å². The minimum atomic E-state index is -0.443. The largest absolute Gasteiger partial charge is 0.487 e. The molecule has 0 bridgehead atoms. The molecule has 6 heteroatoms. The maximum atomic E-state index is 11.7. The second-order valence-electron chi connectivity index (χ2n) is 6.63. The molecule has 0 fully saturated rings. The number of hydrogen-bond acceptors (Lipinski definition) is 3. The van der Waals surface area contributed by atoms with Crippen LogP contribution in [0.3, 0.4) is 0 Å². The predicted octanol–water partition coefficient (Wildman–Crippen LogP) is 5.60. The van der Waals surface area contributed by atoms with Gasteiger partial charge in [-0.05, 0) is 56.2 Å². The first-order chi connectivity index (χ1) is 11.7. The number of carbonyl (C=O) groups excluding carboxylic acids is 1. The fraction of sp³-hybridized carbons (Fsp3) is 0.316. The summed E-state index contributed by atoms with van der Waals surface area (Å²) in [6.45, 7) is 6.23. The summed E-state index contributed by atoms with van der Waals surface area (Å²) in [5.74, 6) is 0.567. The molecule has 0 radical (unpaired) electrons. The molecule has 0 atom stereocenters. The maximum Gasteiger partial charge on any atom is 0.407 e. The number of amides is 1. The zero-order valence-corrected chi connectivity index (χ0v) is 15.9. The first kappa shape index (κ1) is 19.4. The van der Waals surface area contributed by atoms with Crippen LogP contribution in [0.25, 0.3) is 0 Å². The Morgan fingerprint density at radius 3 is 2.36 bits per heavy atom. The second kappa shape index (κ2) is 8.45. The van der Waals surface area contributed by atoms with E-state index in [-0.39, 0.29) is 12.1 Å². The number of alkyl carbamates (subject to hydrolysis) is 1. The van der Waals surface area contributed by atoms with Gasteiger partial charge in [0, 0.05) is 10.6 Å². The van der Waals surface area contributed by atoms with Crippen LogP contribution in [0, 0.1) is 0 Å². The van der Waals surface area contributed by atoms with E-state index in [2.05, 4.69) is 5.32 Å². The van der Waals surface area contributed by atoms with E-state index >= 15 is 0 Å². The average molecular weight is 382 g/mol.